The largest absolute Gasteiger partial charge is 0.497 e. The Morgan fingerprint density at radius 2 is 1.79 bits per heavy atom. The number of nitrogens with one attached hydrogen (secondary N) is 2. The molecule has 1 unspecified atom stereocenters. The highest BCUT2D eigenvalue weighted by atomic mass is 16.5. The first-order chi connectivity index (χ1) is 11.8. The van der Waals surface area contributed by atoms with Crippen molar-refractivity contribution in [3.8, 4) is 11.5 Å². The summed E-state index contributed by atoms with van der Waals surface area (Å²) >= 11 is 0. The average molecular weight is 323 g/mol. The van der Waals surface area contributed by atoms with Gasteiger partial charge < -0.3 is 19.4 Å². The molecule has 0 saturated carbocycles. The maximum Gasteiger partial charge on any atom is 0.123 e. The van der Waals surface area contributed by atoms with Crippen LogP contribution in [0.3, 0.4) is 0 Å². The van der Waals surface area contributed by atoms with Crippen LogP contribution < -0.4 is 14.4 Å². The third kappa shape index (κ3) is 2.74. The summed E-state index contributed by atoms with van der Waals surface area (Å²) in [4.78, 5) is 5.17. The van der Waals surface area contributed by atoms with E-state index in [4.69, 9.17) is 9.47 Å². The van der Waals surface area contributed by atoms with Crippen molar-refractivity contribution in [2.24, 2.45) is 0 Å². The SMILES string of the molecule is COc1cc(C[NH+]2CCc3c([nH]c4ccccc34)C2)cc(OC)c1. The molecule has 2 aromatic carbocycles. The van der Waals surface area contributed by atoms with Crippen LogP contribution in [0.1, 0.15) is 16.8 Å². The highest BCUT2D eigenvalue weighted by Crippen LogP contribution is 2.25. The number of para-hydroxylation sites is 1. The van der Waals surface area contributed by atoms with Crippen molar-refractivity contribution >= 4 is 10.9 Å². The van der Waals surface area contributed by atoms with Crippen LogP contribution in [0.5, 0.6) is 11.5 Å². The van der Waals surface area contributed by atoms with Crippen LogP contribution in [0.25, 0.3) is 10.9 Å². The van der Waals surface area contributed by atoms with E-state index in [-0.39, 0.29) is 0 Å². The summed E-state index contributed by atoms with van der Waals surface area (Å²) < 4.78 is 10.8. The third-order valence-electron chi connectivity index (χ3n) is 4.92. The molecule has 24 heavy (non-hydrogen) atoms. The molecule has 0 amide bonds. The Balaban J connectivity index is 1.57. The summed E-state index contributed by atoms with van der Waals surface area (Å²) in [6.07, 6.45) is 1.12. The number of fused-ring (bicyclic) bond motifs is 3. The van der Waals surface area contributed by atoms with Crippen LogP contribution in [-0.2, 0) is 19.5 Å². The van der Waals surface area contributed by atoms with E-state index in [1.165, 1.54) is 27.7 Å². The quantitative estimate of drug-likeness (QED) is 0.773. The molecular weight excluding hydrogens is 300 g/mol. The predicted octanol–water partition coefficient (Wildman–Crippen LogP) is 2.33. The van der Waals surface area contributed by atoms with Crippen molar-refractivity contribution in [1.29, 1.82) is 0 Å². The van der Waals surface area contributed by atoms with Gasteiger partial charge >= 0.3 is 0 Å². The van der Waals surface area contributed by atoms with Crippen LogP contribution >= 0.6 is 0 Å². The first-order valence-electron chi connectivity index (χ1n) is 8.41. The molecule has 1 aromatic heterocycles. The fourth-order valence-electron chi connectivity index (χ4n) is 3.74. The van der Waals surface area contributed by atoms with Crippen molar-refractivity contribution in [3.05, 3.63) is 59.3 Å². The Morgan fingerprint density at radius 1 is 1.04 bits per heavy atom. The lowest BCUT2D eigenvalue weighted by molar-refractivity contribution is -0.929. The molecular formula is C20H23N2O2+. The second-order valence-corrected chi connectivity index (χ2v) is 6.45. The van der Waals surface area contributed by atoms with Gasteiger partial charge in [-0.2, -0.15) is 0 Å². The van der Waals surface area contributed by atoms with Crippen molar-refractivity contribution in [1.82, 2.24) is 4.98 Å². The van der Waals surface area contributed by atoms with E-state index in [9.17, 15) is 0 Å². The minimum atomic E-state index is 0.854. The van der Waals surface area contributed by atoms with Gasteiger partial charge in [0.2, 0.25) is 0 Å². The van der Waals surface area contributed by atoms with Gasteiger partial charge in [-0.3, -0.25) is 0 Å². The molecule has 124 valence electrons. The molecule has 3 aromatic rings. The molecule has 1 aliphatic rings. The monoisotopic (exact) mass is 323 g/mol. The number of hydrogen-bond acceptors (Lipinski definition) is 2. The van der Waals surface area contributed by atoms with Crippen LogP contribution in [-0.4, -0.2) is 25.7 Å². The molecule has 2 heterocycles. The van der Waals surface area contributed by atoms with Gasteiger partial charge in [-0.05, 0) is 23.8 Å². The minimum Gasteiger partial charge on any atom is -0.497 e. The van der Waals surface area contributed by atoms with E-state index in [0.717, 1.165) is 37.6 Å². The van der Waals surface area contributed by atoms with Gasteiger partial charge in [0.25, 0.3) is 0 Å². The number of methoxy groups -OCH3 is 2. The fraction of sp³-hybridized carbons (Fsp3) is 0.300. The molecule has 0 spiro atoms. The van der Waals surface area contributed by atoms with Gasteiger partial charge in [-0.1, -0.05) is 18.2 Å². The van der Waals surface area contributed by atoms with Crippen molar-refractivity contribution in [2.45, 2.75) is 19.5 Å². The summed E-state index contributed by atoms with van der Waals surface area (Å²) in [5, 5.41) is 1.38. The second kappa shape index (κ2) is 6.21. The van der Waals surface area contributed by atoms with E-state index >= 15 is 0 Å². The Labute approximate surface area is 142 Å². The van der Waals surface area contributed by atoms with Gasteiger partial charge in [0.1, 0.15) is 24.6 Å². The average Bonchev–Trinajstić information content (AvgIpc) is 2.99. The maximum atomic E-state index is 5.39. The van der Waals surface area contributed by atoms with Gasteiger partial charge in [-0.15, -0.1) is 0 Å². The van der Waals surface area contributed by atoms with Gasteiger partial charge in [-0.25, -0.2) is 0 Å². The Kier molecular flexibility index (Phi) is 3.90. The van der Waals surface area contributed by atoms with Gasteiger partial charge in [0.15, 0.2) is 0 Å². The fourth-order valence-corrected chi connectivity index (χ4v) is 3.74. The van der Waals surface area contributed by atoms with Crippen molar-refractivity contribution in [3.63, 3.8) is 0 Å². The van der Waals surface area contributed by atoms with E-state index in [2.05, 4.69) is 41.4 Å². The zero-order valence-corrected chi connectivity index (χ0v) is 14.2. The third-order valence-corrected chi connectivity index (χ3v) is 4.92. The Hall–Kier alpha value is -2.46. The van der Waals surface area contributed by atoms with Gasteiger partial charge in [0, 0.05) is 29.0 Å². The zero-order valence-electron chi connectivity index (χ0n) is 14.2. The molecule has 4 nitrogen and oxygen atoms in total. The summed E-state index contributed by atoms with van der Waals surface area (Å²) in [5.74, 6) is 1.71. The number of H-pyrrole nitrogens is 1. The summed E-state index contributed by atoms with van der Waals surface area (Å²) in [6, 6.07) is 14.7. The smallest absolute Gasteiger partial charge is 0.123 e. The number of hydrogen-bond donors (Lipinski definition) is 2. The predicted molar refractivity (Wildman–Crippen MR) is 94.8 cm³/mol. The molecule has 2 N–H and O–H groups in total. The summed E-state index contributed by atoms with van der Waals surface area (Å²) in [7, 11) is 3.39. The molecule has 4 rings (SSSR count). The van der Waals surface area contributed by atoms with E-state index < -0.39 is 0 Å². The maximum absolute atomic E-state index is 5.39. The lowest BCUT2D eigenvalue weighted by Gasteiger charge is -2.24. The highest BCUT2D eigenvalue weighted by Gasteiger charge is 2.23. The summed E-state index contributed by atoms with van der Waals surface area (Å²) in [6.45, 7) is 3.15. The lowest BCUT2D eigenvalue weighted by atomic mass is 10.0. The number of aromatic amines is 1. The van der Waals surface area contributed by atoms with E-state index in [1.54, 1.807) is 19.1 Å². The molecule has 1 aliphatic heterocycles. The molecule has 1 atom stereocenters. The number of quaternary nitrogens is 1. The number of rotatable bonds is 4. The Morgan fingerprint density at radius 3 is 2.54 bits per heavy atom. The molecule has 0 aliphatic carbocycles. The minimum absolute atomic E-state index is 0.854. The Bertz CT molecular complexity index is 847. The van der Waals surface area contributed by atoms with Crippen LogP contribution in [0.2, 0.25) is 0 Å². The van der Waals surface area contributed by atoms with Crippen LogP contribution in [0.4, 0.5) is 0 Å². The highest BCUT2D eigenvalue weighted by molar-refractivity contribution is 5.84. The van der Waals surface area contributed by atoms with E-state index in [1.807, 2.05) is 6.07 Å². The van der Waals surface area contributed by atoms with Crippen molar-refractivity contribution in [2.75, 3.05) is 20.8 Å². The second-order valence-electron chi connectivity index (χ2n) is 6.45. The molecule has 0 radical (unpaired) electrons. The standard InChI is InChI=1S/C20H22N2O2/c1-23-15-9-14(10-16(11-15)24-2)12-22-8-7-18-17-5-3-4-6-19(17)21-20(18)13-22/h3-6,9-11,21H,7-8,12-13H2,1-2H3/p+1. The lowest BCUT2D eigenvalue weighted by Crippen LogP contribution is -3.10. The van der Waals surface area contributed by atoms with Gasteiger partial charge in [0.05, 0.1) is 26.5 Å². The number of benzene rings is 2. The zero-order chi connectivity index (χ0) is 16.5. The van der Waals surface area contributed by atoms with E-state index in [0.29, 0.717) is 0 Å². The first kappa shape index (κ1) is 15.1. The number of ether oxygens (including phenoxy) is 2. The molecule has 0 fully saturated rings. The number of aromatic nitrogens is 1. The molecule has 0 saturated heterocycles. The molecule has 0 bridgehead atoms. The van der Waals surface area contributed by atoms with Crippen LogP contribution in [0.15, 0.2) is 42.5 Å². The normalized spacial score (nSPS) is 16.8. The van der Waals surface area contributed by atoms with Crippen LogP contribution in [0, 0.1) is 0 Å². The molecule has 4 heteroatoms. The topological polar surface area (TPSA) is 38.7 Å². The first-order valence-corrected chi connectivity index (χ1v) is 8.41. The van der Waals surface area contributed by atoms with Crippen molar-refractivity contribution < 1.29 is 14.4 Å². The summed E-state index contributed by atoms with van der Waals surface area (Å²) in [5.41, 5.74) is 5.39.